The SMILES string of the molecule is COC(=O)C(C(C)=O)C(=O)CCl. The highest BCUT2D eigenvalue weighted by atomic mass is 35.5. The number of esters is 1. The molecule has 0 saturated heterocycles. The molecular weight excluding hydrogens is 184 g/mol. The number of Topliss-reactive ketones (excluding diaryl/α,β-unsaturated/α-hetero) is 2. The smallest absolute Gasteiger partial charge is 0.323 e. The first kappa shape index (κ1) is 11.1. The zero-order valence-corrected chi connectivity index (χ0v) is 7.55. The molecule has 0 aliphatic carbocycles. The summed E-state index contributed by atoms with van der Waals surface area (Å²) < 4.78 is 4.26. The highest BCUT2D eigenvalue weighted by molar-refractivity contribution is 6.32. The molecule has 0 bridgehead atoms. The van der Waals surface area contributed by atoms with E-state index in [1.807, 2.05) is 0 Å². The molecule has 0 amide bonds. The first-order chi connectivity index (χ1) is 5.54. The molecule has 0 radical (unpaired) electrons. The van der Waals surface area contributed by atoms with Crippen molar-refractivity contribution < 1.29 is 19.1 Å². The Balaban J connectivity index is 4.55. The van der Waals surface area contributed by atoms with Crippen LogP contribution >= 0.6 is 11.6 Å². The van der Waals surface area contributed by atoms with Crippen molar-refractivity contribution >= 4 is 29.1 Å². The summed E-state index contributed by atoms with van der Waals surface area (Å²) in [7, 11) is 1.11. The Morgan fingerprint density at radius 3 is 2.17 bits per heavy atom. The molecule has 0 N–H and O–H groups in total. The van der Waals surface area contributed by atoms with Gasteiger partial charge in [-0.15, -0.1) is 11.6 Å². The van der Waals surface area contributed by atoms with E-state index in [0.29, 0.717) is 0 Å². The van der Waals surface area contributed by atoms with E-state index in [1.54, 1.807) is 0 Å². The Kier molecular flexibility index (Phi) is 4.51. The Hall–Kier alpha value is -0.900. The molecule has 0 aliphatic rings. The summed E-state index contributed by atoms with van der Waals surface area (Å²) in [5, 5.41) is 0. The Labute approximate surface area is 74.8 Å². The predicted molar refractivity (Wildman–Crippen MR) is 41.9 cm³/mol. The van der Waals surface area contributed by atoms with Crippen LogP contribution in [0.2, 0.25) is 0 Å². The van der Waals surface area contributed by atoms with E-state index in [9.17, 15) is 14.4 Å². The van der Waals surface area contributed by atoms with E-state index in [0.717, 1.165) is 14.0 Å². The van der Waals surface area contributed by atoms with E-state index in [2.05, 4.69) is 4.74 Å². The van der Waals surface area contributed by atoms with Gasteiger partial charge < -0.3 is 4.74 Å². The van der Waals surface area contributed by atoms with E-state index in [1.165, 1.54) is 0 Å². The molecule has 1 unspecified atom stereocenters. The molecule has 0 saturated carbocycles. The lowest BCUT2D eigenvalue weighted by molar-refractivity contribution is -0.151. The van der Waals surface area contributed by atoms with E-state index in [4.69, 9.17) is 11.6 Å². The van der Waals surface area contributed by atoms with Gasteiger partial charge in [0.1, 0.15) is 0 Å². The quantitative estimate of drug-likeness (QED) is 0.362. The molecule has 68 valence electrons. The van der Waals surface area contributed by atoms with Gasteiger partial charge in [0, 0.05) is 0 Å². The Morgan fingerprint density at radius 1 is 1.42 bits per heavy atom. The van der Waals surface area contributed by atoms with Gasteiger partial charge in [-0.05, 0) is 6.92 Å². The standard InChI is InChI=1S/C7H9ClO4/c1-4(9)6(5(10)3-8)7(11)12-2/h6H,3H2,1-2H3. The van der Waals surface area contributed by atoms with Crippen molar-refractivity contribution in [2.75, 3.05) is 13.0 Å². The van der Waals surface area contributed by atoms with Crippen molar-refractivity contribution in [3.8, 4) is 0 Å². The van der Waals surface area contributed by atoms with Crippen molar-refractivity contribution in [3.63, 3.8) is 0 Å². The molecule has 0 aromatic carbocycles. The minimum absolute atomic E-state index is 0.362. The maximum absolute atomic E-state index is 10.9. The fourth-order valence-electron chi connectivity index (χ4n) is 0.719. The van der Waals surface area contributed by atoms with Crippen LogP contribution in [0.4, 0.5) is 0 Å². The van der Waals surface area contributed by atoms with Crippen LogP contribution in [-0.4, -0.2) is 30.5 Å². The molecule has 12 heavy (non-hydrogen) atoms. The monoisotopic (exact) mass is 192 g/mol. The number of halogens is 1. The molecule has 1 atom stereocenters. The fraction of sp³-hybridized carbons (Fsp3) is 0.571. The summed E-state index contributed by atoms with van der Waals surface area (Å²) in [6.07, 6.45) is 0. The third-order valence-electron chi connectivity index (χ3n) is 1.30. The van der Waals surface area contributed by atoms with Gasteiger partial charge in [0.25, 0.3) is 0 Å². The van der Waals surface area contributed by atoms with Crippen LogP contribution in [0.5, 0.6) is 0 Å². The predicted octanol–water partition coefficient (Wildman–Crippen LogP) is 0.172. The molecule has 0 aromatic rings. The zero-order valence-electron chi connectivity index (χ0n) is 6.80. The number of hydrogen-bond donors (Lipinski definition) is 0. The number of ether oxygens (including phenoxy) is 1. The van der Waals surface area contributed by atoms with Crippen molar-refractivity contribution in [3.05, 3.63) is 0 Å². The van der Waals surface area contributed by atoms with E-state index >= 15 is 0 Å². The van der Waals surface area contributed by atoms with Gasteiger partial charge in [0.05, 0.1) is 13.0 Å². The largest absolute Gasteiger partial charge is 0.468 e. The van der Waals surface area contributed by atoms with Crippen molar-refractivity contribution in [2.45, 2.75) is 6.92 Å². The van der Waals surface area contributed by atoms with Gasteiger partial charge in [0.2, 0.25) is 0 Å². The third kappa shape index (κ3) is 2.62. The molecule has 0 aromatic heterocycles. The zero-order chi connectivity index (χ0) is 9.72. The molecule has 0 aliphatic heterocycles. The number of alkyl halides is 1. The number of carbonyl (C=O) groups excluding carboxylic acids is 3. The van der Waals surface area contributed by atoms with Crippen LogP contribution in [-0.2, 0) is 19.1 Å². The lowest BCUT2D eigenvalue weighted by Crippen LogP contribution is -2.32. The average molecular weight is 193 g/mol. The molecule has 0 fully saturated rings. The van der Waals surface area contributed by atoms with Gasteiger partial charge in [-0.1, -0.05) is 0 Å². The van der Waals surface area contributed by atoms with Gasteiger partial charge in [-0.3, -0.25) is 14.4 Å². The summed E-state index contributed by atoms with van der Waals surface area (Å²) in [6, 6.07) is 0. The van der Waals surface area contributed by atoms with Crippen LogP contribution in [0.25, 0.3) is 0 Å². The van der Waals surface area contributed by atoms with Crippen LogP contribution < -0.4 is 0 Å². The summed E-state index contributed by atoms with van der Waals surface area (Å²) >= 11 is 5.18. The molecule has 0 rings (SSSR count). The number of hydrogen-bond acceptors (Lipinski definition) is 4. The maximum atomic E-state index is 10.9. The average Bonchev–Trinajstić information content (AvgIpc) is 2.03. The second-order valence-corrected chi connectivity index (χ2v) is 2.43. The molecule has 5 heteroatoms. The minimum atomic E-state index is -1.35. The molecule has 0 heterocycles. The number of methoxy groups -OCH3 is 1. The van der Waals surface area contributed by atoms with Crippen LogP contribution in [0.1, 0.15) is 6.92 Å². The summed E-state index contributed by atoms with van der Waals surface area (Å²) in [5.74, 6) is -3.75. The minimum Gasteiger partial charge on any atom is -0.468 e. The second-order valence-electron chi connectivity index (χ2n) is 2.17. The molecule has 0 spiro atoms. The van der Waals surface area contributed by atoms with Gasteiger partial charge in [-0.2, -0.15) is 0 Å². The van der Waals surface area contributed by atoms with Crippen LogP contribution in [0, 0.1) is 5.92 Å². The number of ketones is 2. The Bertz CT molecular complexity index is 195. The van der Waals surface area contributed by atoms with Crippen molar-refractivity contribution in [2.24, 2.45) is 5.92 Å². The summed E-state index contributed by atoms with van der Waals surface area (Å²) in [4.78, 5) is 32.5. The topological polar surface area (TPSA) is 60.4 Å². The first-order valence-electron chi connectivity index (χ1n) is 3.21. The fourth-order valence-corrected chi connectivity index (χ4v) is 0.873. The van der Waals surface area contributed by atoms with Crippen molar-refractivity contribution in [1.29, 1.82) is 0 Å². The third-order valence-corrected chi connectivity index (χ3v) is 1.56. The van der Waals surface area contributed by atoms with Gasteiger partial charge in [-0.25, -0.2) is 0 Å². The number of rotatable bonds is 4. The lowest BCUT2D eigenvalue weighted by atomic mass is 10.0. The number of carbonyl (C=O) groups is 3. The highest BCUT2D eigenvalue weighted by Crippen LogP contribution is 2.04. The van der Waals surface area contributed by atoms with Crippen LogP contribution in [0.15, 0.2) is 0 Å². The first-order valence-corrected chi connectivity index (χ1v) is 3.75. The van der Waals surface area contributed by atoms with Crippen molar-refractivity contribution in [1.82, 2.24) is 0 Å². The molecule has 4 nitrogen and oxygen atoms in total. The van der Waals surface area contributed by atoms with E-state index < -0.39 is 23.5 Å². The summed E-state index contributed by atoms with van der Waals surface area (Å²) in [6.45, 7) is 1.14. The maximum Gasteiger partial charge on any atom is 0.323 e. The normalized spacial score (nSPS) is 11.9. The second kappa shape index (κ2) is 4.87. The lowest BCUT2D eigenvalue weighted by Gasteiger charge is -2.07. The van der Waals surface area contributed by atoms with Gasteiger partial charge in [0.15, 0.2) is 17.5 Å². The molecular formula is C7H9ClO4. The van der Waals surface area contributed by atoms with Gasteiger partial charge >= 0.3 is 5.97 Å². The Morgan fingerprint density at radius 2 is 1.92 bits per heavy atom. The highest BCUT2D eigenvalue weighted by Gasteiger charge is 2.30. The van der Waals surface area contributed by atoms with E-state index in [-0.39, 0.29) is 5.88 Å². The summed E-state index contributed by atoms with van der Waals surface area (Å²) in [5.41, 5.74) is 0. The van der Waals surface area contributed by atoms with Crippen LogP contribution in [0.3, 0.4) is 0 Å².